The molecule has 0 saturated carbocycles. The molecule has 0 unspecified atom stereocenters. The number of carbonyl (C=O) groups excluding carboxylic acids is 1. The fraction of sp³-hybridized carbons (Fsp3) is 0.929. The quantitative estimate of drug-likeness (QED) is 0.795. The summed E-state index contributed by atoms with van der Waals surface area (Å²) in [6.07, 6.45) is 2.30. The molecule has 0 aromatic carbocycles. The molecular formula is C14H29N3O2. The van der Waals surface area contributed by atoms with E-state index < -0.39 is 0 Å². The van der Waals surface area contributed by atoms with Crippen LogP contribution in [0.3, 0.4) is 0 Å². The first-order valence-electron chi connectivity index (χ1n) is 7.18. The molecule has 1 aliphatic heterocycles. The summed E-state index contributed by atoms with van der Waals surface area (Å²) in [6, 6.07) is -0.0608. The van der Waals surface area contributed by atoms with Crippen molar-refractivity contribution >= 4 is 6.03 Å². The summed E-state index contributed by atoms with van der Waals surface area (Å²) in [7, 11) is 1.74. The van der Waals surface area contributed by atoms with Crippen LogP contribution in [0.15, 0.2) is 0 Å². The monoisotopic (exact) mass is 271 g/mol. The van der Waals surface area contributed by atoms with Crippen molar-refractivity contribution in [2.45, 2.75) is 39.2 Å². The Balaban J connectivity index is 2.14. The standard InChI is InChI=1S/C14H29N3O2/c1-14(2,3)16-13(18)15-11-12-5-7-17(8-6-12)9-10-19-4/h12H,5-11H2,1-4H3,(H2,15,16,18). The molecule has 19 heavy (non-hydrogen) atoms. The van der Waals surface area contributed by atoms with Gasteiger partial charge in [0.25, 0.3) is 0 Å². The highest BCUT2D eigenvalue weighted by Gasteiger charge is 2.20. The van der Waals surface area contributed by atoms with E-state index in [1.165, 1.54) is 0 Å². The molecule has 5 heteroatoms. The number of likely N-dealkylation sites (tertiary alicyclic amines) is 1. The minimum Gasteiger partial charge on any atom is -0.383 e. The summed E-state index contributed by atoms with van der Waals surface area (Å²) in [5, 5.41) is 5.89. The number of rotatable bonds is 5. The first kappa shape index (κ1) is 16.2. The molecule has 5 nitrogen and oxygen atoms in total. The molecule has 2 amide bonds. The lowest BCUT2D eigenvalue weighted by molar-refractivity contribution is 0.120. The molecule has 1 saturated heterocycles. The molecule has 112 valence electrons. The van der Waals surface area contributed by atoms with Gasteiger partial charge in [-0.05, 0) is 52.6 Å². The van der Waals surface area contributed by atoms with Crippen molar-refractivity contribution in [1.29, 1.82) is 0 Å². The van der Waals surface area contributed by atoms with Crippen LogP contribution in [0.2, 0.25) is 0 Å². The van der Waals surface area contributed by atoms with Crippen molar-refractivity contribution in [3.8, 4) is 0 Å². The smallest absolute Gasteiger partial charge is 0.315 e. The van der Waals surface area contributed by atoms with Gasteiger partial charge in [0.2, 0.25) is 0 Å². The average Bonchev–Trinajstić information content (AvgIpc) is 2.33. The van der Waals surface area contributed by atoms with Crippen molar-refractivity contribution in [3.63, 3.8) is 0 Å². The number of nitrogens with zero attached hydrogens (tertiary/aromatic N) is 1. The largest absolute Gasteiger partial charge is 0.383 e. The van der Waals surface area contributed by atoms with Crippen LogP contribution in [0.25, 0.3) is 0 Å². The van der Waals surface area contributed by atoms with Crippen LogP contribution in [0.4, 0.5) is 4.79 Å². The van der Waals surface area contributed by atoms with Gasteiger partial charge in [-0.25, -0.2) is 4.79 Å². The highest BCUT2D eigenvalue weighted by atomic mass is 16.5. The van der Waals surface area contributed by atoms with E-state index >= 15 is 0 Å². The lowest BCUT2D eigenvalue weighted by Gasteiger charge is -2.32. The number of hydrogen-bond acceptors (Lipinski definition) is 3. The predicted octanol–water partition coefficient (Wildman–Crippen LogP) is 1.44. The van der Waals surface area contributed by atoms with E-state index in [9.17, 15) is 4.79 Å². The van der Waals surface area contributed by atoms with E-state index in [1.807, 2.05) is 20.8 Å². The Kier molecular flexibility index (Phi) is 6.58. The van der Waals surface area contributed by atoms with Crippen molar-refractivity contribution in [3.05, 3.63) is 0 Å². The van der Waals surface area contributed by atoms with Gasteiger partial charge in [-0.1, -0.05) is 0 Å². The van der Waals surface area contributed by atoms with E-state index in [4.69, 9.17) is 4.74 Å². The third-order valence-corrected chi connectivity index (χ3v) is 3.36. The number of amides is 2. The van der Waals surface area contributed by atoms with Crippen LogP contribution in [-0.4, -0.2) is 56.4 Å². The fourth-order valence-electron chi connectivity index (χ4n) is 2.26. The lowest BCUT2D eigenvalue weighted by Crippen LogP contribution is -2.48. The Bertz CT molecular complexity index is 268. The second kappa shape index (κ2) is 7.70. The highest BCUT2D eigenvalue weighted by molar-refractivity contribution is 5.74. The Morgan fingerprint density at radius 2 is 1.95 bits per heavy atom. The first-order valence-corrected chi connectivity index (χ1v) is 7.18. The maximum atomic E-state index is 11.7. The Morgan fingerprint density at radius 1 is 1.32 bits per heavy atom. The number of urea groups is 1. The average molecular weight is 271 g/mol. The second-order valence-electron chi connectivity index (χ2n) is 6.36. The van der Waals surface area contributed by atoms with Gasteiger partial charge in [-0.3, -0.25) is 0 Å². The molecule has 0 aliphatic carbocycles. The summed E-state index contributed by atoms with van der Waals surface area (Å²) in [5.74, 6) is 0.601. The van der Waals surface area contributed by atoms with E-state index in [0.717, 1.165) is 45.6 Å². The molecule has 0 aromatic heterocycles. The Labute approximate surface area is 117 Å². The minimum absolute atomic E-state index is 0.0608. The summed E-state index contributed by atoms with van der Waals surface area (Å²) >= 11 is 0. The zero-order valence-electron chi connectivity index (χ0n) is 12.8. The van der Waals surface area contributed by atoms with Crippen molar-refractivity contribution in [2.24, 2.45) is 5.92 Å². The molecule has 1 fully saturated rings. The molecule has 0 radical (unpaired) electrons. The number of carbonyl (C=O) groups is 1. The normalized spacial score (nSPS) is 18.3. The highest BCUT2D eigenvalue weighted by Crippen LogP contribution is 2.15. The molecule has 2 N–H and O–H groups in total. The summed E-state index contributed by atoms with van der Waals surface area (Å²) in [5.41, 5.74) is -0.173. The van der Waals surface area contributed by atoms with Gasteiger partial charge in [0.1, 0.15) is 0 Å². The maximum Gasteiger partial charge on any atom is 0.315 e. The summed E-state index contributed by atoms with van der Waals surface area (Å²) < 4.78 is 5.09. The van der Waals surface area contributed by atoms with Crippen molar-refractivity contribution in [2.75, 3.05) is 39.9 Å². The number of hydrogen-bond donors (Lipinski definition) is 2. The third-order valence-electron chi connectivity index (χ3n) is 3.36. The van der Waals surface area contributed by atoms with E-state index in [1.54, 1.807) is 7.11 Å². The molecule has 0 aromatic rings. The van der Waals surface area contributed by atoms with Gasteiger partial charge in [0.05, 0.1) is 6.61 Å². The predicted molar refractivity (Wildman–Crippen MR) is 77.3 cm³/mol. The summed E-state index contributed by atoms with van der Waals surface area (Å²) in [4.78, 5) is 14.1. The van der Waals surface area contributed by atoms with Gasteiger partial charge in [0.15, 0.2) is 0 Å². The molecular weight excluding hydrogens is 242 g/mol. The maximum absolute atomic E-state index is 11.7. The molecule has 1 aliphatic rings. The van der Waals surface area contributed by atoms with Crippen LogP contribution in [0.1, 0.15) is 33.6 Å². The van der Waals surface area contributed by atoms with Crippen LogP contribution < -0.4 is 10.6 Å². The topological polar surface area (TPSA) is 53.6 Å². The summed E-state index contributed by atoms with van der Waals surface area (Å²) in [6.45, 7) is 10.8. The van der Waals surface area contributed by atoms with E-state index in [2.05, 4.69) is 15.5 Å². The van der Waals surface area contributed by atoms with Crippen LogP contribution >= 0.6 is 0 Å². The van der Waals surface area contributed by atoms with Gasteiger partial charge in [-0.15, -0.1) is 0 Å². The van der Waals surface area contributed by atoms with Gasteiger partial charge < -0.3 is 20.3 Å². The number of methoxy groups -OCH3 is 1. The SMILES string of the molecule is COCCN1CCC(CNC(=O)NC(C)(C)C)CC1. The molecule has 0 atom stereocenters. The van der Waals surface area contributed by atoms with Crippen molar-refractivity contribution in [1.82, 2.24) is 15.5 Å². The van der Waals surface area contributed by atoms with Gasteiger partial charge in [0, 0.05) is 25.7 Å². The minimum atomic E-state index is -0.173. The second-order valence-corrected chi connectivity index (χ2v) is 6.36. The van der Waals surface area contributed by atoms with Crippen LogP contribution in [0.5, 0.6) is 0 Å². The first-order chi connectivity index (χ1) is 8.90. The van der Waals surface area contributed by atoms with Gasteiger partial charge >= 0.3 is 6.03 Å². The van der Waals surface area contributed by atoms with Crippen LogP contribution in [-0.2, 0) is 4.74 Å². The van der Waals surface area contributed by atoms with Gasteiger partial charge in [-0.2, -0.15) is 0 Å². The molecule has 0 spiro atoms. The van der Waals surface area contributed by atoms with Crippen molar-refractivity contribution < 1.29 is 9.53 Å². The number of nitrogens with one attached hydrogen (secondary N) is 2. The lowest BCUT2D eigenvalue weighted by atomic mass is 9.97. The third kappa shape index (κ3) is 7.38. The Morgan fingerprint density at radius 3 is 2.47 bits per heavy atom. The van der Waals surface area contributed by atoms with Crippen LogP contribution in [0, 0.1) is 5.92 Å². The fourth-order valence-corrected chi connectivity index (χ4v) is 2.26. The number of ether oxygens (including phenoxy) is 1. The zero-order valence-corrected chi connectivity index (χ0v) is 12.8. The van der Waals surface area contributed by atoms with E-state index in [0.29, 0.717) is 5.92 Å². The molecule has 0 bridgehead atoms. The zero-order chi connectivity index (χ0) is 14.3. The number of piperidine rings is 1. The molecule has 1 rings (SSSR count). The van der Waals surface area contributed by atoms with E-state index in [-0.39, 0.29) is 11.6 Å². The molecule has 1 heterocycles. The Hall–Kier alpha value is -0.810.